The quantitative estimate of drug-likeness (QED) is 0.856. The molecule has 0 saturated carbocycles. The van der Waals surface area contributed by atoms with Crippen LogP contribution < -0.4 is 9.80 Å². The van der Waals surface area contributed by atoms with Crippen molar-refractivity contribution in [1.29, 1.82) is 0 Å². The molecule has 0 radical (unpaired) electrons. The Balaban J connectivity index is 1.83. The van der Waals surface area contributed by atoms with Gasteiger partial charge in [-0.15, -0.1) is 0 Å². The molecule has 1 atom stereocenters. The summed E-state index contributed by atoms with van der Waals surface area (Å²) in [6, 6.07) is 2.00. The number of nitrogens with zero attached hydrogens (tertiary/aromatic N) is 5. The third-order valence-corrected chi connectivity index (χ3v) is 5.84. The van der Waals surface area contributed by atoms with Crippen LogP contribution in [0.5, 0.6) is 0 Å². The summed E-state index contributed by atoms with van der Waals surface area (Å²) < 4.78 is 0. The van der Waals surface area contributed by atoms with E-state index in [1.165, 1.54) is 0 Å². The Bertz CT molecular complexity index is 713. The standard InChI is InChI=1S/C18H27N5O3/c1-5-12-10-14(20-17(19-12)21(2)3)23-8-6-18(7-9-23)13(16(25)26)11-15(24)22(18)4/h10,13H,5-9,11H2,1-4H3,(H,25,26)/t13-/m1/s1. The first-order chi connectivity index (χ1) is 12.3. The molecule has 1 N–H and O–H groups in total. The van der Waals surface area contributed by atoms with Gasteiger partial charge < -0.3 is 19.8 Å². The molecule has 1 amide bonds. The highest BCUT2D eigenvalue weighted by Crippen LogP contribution is 2.43. The zero-order chi connectivity index (χ0) is 19.1. The number of piperidine rings is 1. The molecule has 0 bridgehead atoms. The van der Waals surface area contributed by atoms with E-state index < -0.39 is 17.4 Å². The molecule has 2 fully saturated rings. The lowest BCUT2D eigenvalue weighted by molar-refractivity contribution is -0.145. The molecular formula is C18H27N5O3. The number of hydrogen-bond acceptors (Lipinski definition) is 6. The molecule has 0 aromatic carbocycles. The van der Waals surface area contributed by atoms with Crippen LogP contribution in [0.2, 0.25) is 0 Å². The topological polar surface area (TPSA) is 89.9 Å². The largest absolute Gasteiger partial charge is 0.481 e. The molecule has 142 valence electrons. The maximum Gasteiger partial charge on any atom is 0.309 e. The van der Waals surface area contributed by atoms with E-state index in [4.69, 9.17) is 0 Å². The van der Waals surface area contributed by atoms with Crippen LogP contribution in [0.4, 0.5) is 11.8 Å². The van der Waals surface area contributed by atoms with E-state index in [0.29, 0.717) is 31.9 Å². The molecule has 0 aliphatic carbocycles. The van der Waals surface area contributed by atoms with Gasteiger partial charge >= 0.3 is 5.97 Å². The Hall–Kier alpha value is -2.38. The zero-order valence-electron chi connectivity index (χ0n) is 15.9. The van der Waals surface area contributed by atoms with Crippen molar-refractivity contribution in [2.45, 2.75) is 38.1 Å². The Labute approximate surface area is 153 Å². The molecule has 3 heterocycles. The lowest BCUT2D eigenvalue weighted by atomic mass is 9.77. The summed E-state index contributed by atoms with van der Waals surface area (Å²) in [7, 11) is 5.57. The van der Waals surface area contributed by atoms with Gasteiger partial charge in [-0.2, -0.15) is 4.98 Å². The Morgan fingerprint density at radius 3 is 2.54 bits per heavy atom. The molecule has 0 unspecified atom stereocenters. The molecule has 1 spiro atoms. The lowest BCUT2D eigenvalue weighted by Crippen LogP contribution is -2.56. The number of likely N-dealkylation sites (tertiary alicyclic amines) is 1. The molecule has 2 saturated heterocycles. The van der Waals surface area contributed by atoms with E-state index in [9.17, 15) is 14.7 Å². The van der Waals surface area contributed by atoms with E-state index >= 15 is 0 Å². The van der Waals surface area contributed by atoms with Crippen molar-refractivity contribution in [3.63, 3.8) is 0 Å². The van der Waals surface area contributed by atoms with Crippen molar-refractivity contribution < 1.29 is 14.7 Å². The predicted molar refractivity (Wildman–Crippen MR) is 98.4 cm³/mol. The van der Waals surface area contributed by atoms with E-state index in [2.05, 4.69) is 21.8 Å². The van der Waals surface area contributed by atoms with Gasteiger partial charge in [0.2, 0.25) is 11.9 Å². The first kappa shape index (κ1) is 18.4. The van der Waals surface area contributed by atoms with Crippen molar-refractivity contribution in [1.82, 2.24) is 14.9 Å². The molecule has 1 aromatic heterocycles. The van der Waals surface area contributed by atoms with Gasteiger partial charge in [0.25, 0.3) is 0 Å². The van der Waals surface area contributed by atoms with Crippen LogP contribution >= 0.6 is 0 Å². The van der Waals surface area contributed by atoms with Crippen molar-refractivity contribution in [3.05, 3.63) is 11.8 Å². The second-order valence-corrected chi connectivity index (χ2v) is 7.40. The lowest BCUT2D eigenvalue weighted by Gasteiger charge is -2.45. The van der Waals surface area contributed by atoms with Gasteiger partial charge in [0.05, 0.1) is 11.5 Å². The first-order valence-corrected chi connectivity index (χ1v) is 9.08. The Morgan fingerprint density at radius 2 is 2.00 bits per heavy atom. The van der Waals surface area contributed by atoms with Crippen LogP contribution in [0.25, 0.3) is 0 Å². The number of aromatic nitrogens is 2. The van der Waals surface area contributed by atoms with Crippen molar-refractivity contribution in [2.75, 3.05) is 44.0 Å². The van der Waals surface area contributed by atoms with Crippen LogP contribution in [-0.4, -0.2) is 71.6 Å². The second-order valence-electron chi connectivity index (χ2n) is 7.40. The van der Waals surface area contributed by atoms with Crippen LogP contribution in [0.3, 0.4) is 0 Å². The van der Waals surface area contributed by atoms with E-state index in [-0.39, 0.29) is 12.3 Å². The molecule has 2 aliphatic heterocycles. The number of carboxylic acids is 1. The van der Waals surface area contributed by atoms with E-state index in [0.717, 1.165) is 17.9 Å². The minimum Gasteiger partial charge on any atom is -0.481 e. The molecule has 8 heteroatoms. The predicted octanol–water partition coefficient (Wildman–Crippen LogP) is 1.01. The molecule has 3 rings (SSSR count). The highest BCUT2D eigenvalue weighted by atomic mass is 16.4. The third kappa shape index (κ3) is 2.97. The summed E-state index contributed by atoms with van der Waals surface area (Å²) in [6.07, 6.45) is 2.19. The smallest absolute Gasteiger partial charge is 0.309 e. The van der Waals surface area contributed by atoms with E-state index in [1.807, 2.05) is 25.1 Å². The number of aliphatic carboxylic acids is 1. The average Bonchev–Trinajstić information content (AvgIpc) is 2.87. The SMILES string of the molecule is CCc1cc(N2CCC3(CC2)[C@@H](C(=O)O)CC(=O)N3C)nc(N(C)C)n1. The molecular weight excluding hydrogens is 334 g/mol. The number of anilines is 2. The normalized spacial score (nSPS) is 22.2. The maximum atomic E-state index is 12.1. The average molecular weight is 361 g/mol. The van der Waals surface area contributed by atoms with Gasteiger partial charge in [-0.1, -0.05) is 6.92 Å². The number of carbonyl (C=O) groups is 2. The molecule has 26 heavy (non-hydrogen) atoms. The summed E-state index contributed by atoms with van der Waals surface area (Å²) in [6.45, 7) is 3.41. The van der Waals surface area contributed by atoms with Crippen LogP contribution in [0, 0.1) is 5.92 Å². The second kappa shape index (κ2) is 6.74. The van der Waals surface area contributed by atoms with Gasteiger partial charge in [0.15, 0.2) is 0 Å². The summed E-state index contributed by atoms with van der Waals surface area (Å²) in [5.74, 6) is -0.0288. The van der Waals surface area contributed by atoms with Crippen molar-refractivity contribution in [3.8, 4) is 0 Å². The highest BCUT2D eigenvalue weighted by molar-refractivity contribution is 5.88. The van der Waals surface area contributed by atoms with Crippen LogP contribution in [0.15, 0.2) is 6.07 Å². The van der Waals surface area contributed by atoms with Crippen LogP contribution in [-0.2, 0) is 16.0 Å². The highest BCUT2D eigenvalue weighted by Gasteiger charge is 2.55. The number of carboxylic acid groups (broad SMARTS) is 1. The molecule has 8 nitrogen and oxygen atoms in total. The monoisotopic (exact) mass is 361 g/mol. The maximum absolute atomic E-state index is 12.1. The molecule has 1 aromatic rings. The Kier molecular flexibility index (Phi) is 4.77. The van der Waals surface area contributed by atoms with E-state index in [1.54, 1.807) is 11.9 Å². The Morgan fingerprint density at radius 1 is 1.35 bits per heavy atom. The fraction of sp³-hybridized carbons (Fsp3) is 0.667. The van der Waals surface area contributed by atoms with Crippen LogP contribution in [0.1, 0.15) is 31.9 Å². The number of aryl methyl sites for hydroxylation is 1. The molecule has 2 aliphatic rings. The minimum absolute atomic E-state index is 0.0731. The van der Waals surface area contributed by atoms with Crippen molar-refractivity contribution >= 4 is 23.6 Å². The number of rotatable bonds is 4. The number of carbonyl (C=O) groups excluding carboxylic acids is 1. The fourth-order valence-corrected chi connectivity index (χ4v) is 4.12. The number of hydrogen-bond donors (Lipinski definition) is 1. The fourth-order valence-electron chi connectivity index (χ4n) is 4.12. The summed E-state index contributed by atoms with van der Waals surface area (Å²) in [4.78, 5) is 38.8. The van der Waals surface area contributed by atoms with Gasteiger partial charge in [-0.25, -0.2) is 4.98 Å². The number of amides is 1. The third-order valence-electron chi connectivity index (χ3n) is 5.84. The van der Waals surface area contributed by atoms with Gasteiger partial charge in [0.1, 0.15) is 5.82 Å². The first-order valence-electron chi connectivity index (χ1n) is 9.08. The minimum atomic E-state index is -0.874. The summed E-state index contributed by atoms with van der Waals surface area (Å²) in [5.41, 5.74) is 0.403. The van der Waals surface area contributed by atoms with Crippen molar-refractivity contribution in [2.24, 2.45) is 5.92 Å². The van der Waals surface area contributed by atoms with Gasteiger partial charge in [-0.05, 0) is 19.3 Å². The summed E-state index contributed by atoms with van der Waals surface area (Å²) >= 11 is 0. The summed E-state index contributed by atoms with van der Waals surface area (Å²) in [5, 5.41) is 9.60. The zero-order valence-corrected chi connectivity index (χ0v) is 15.9. The van der Waals surface area contributed by atoms with Gasteiger partial charge in [0, 0.05) is 52.4 Å². The van der Waals surface area contributed by atoms with Gasteiger partial charge in [-0.3, -0.25) is 9.59 Å².